The van der Waals surface area contributed by atoms with Crippen LogP contribution in [0.2, 0.25) is 0 Å². The van der Waals surface area contributed by atoms with Gasteiger partial charge in [0.15, 0.2) is 5.65 Å². The highest BCUT2D eigenvalue weighted by Crippen LogP contribution is 2.61. The predicted octanol–water partition coefficient (Wildman–Crippen LogP) is 3.35. The van der Waals surface area contributed by atoms with Crippen molar-refractivity contribution in [3.8, 4) is 23.1 Å². The molecule has 0 N–H and O–H groups in total. The Hall–Kier alpha value is -2.84. The largest absolute Gasteiger partial charge is 0.480 e. The number of nitrogens with zero attached hydrogens (tertiary/aromatic N) is 5. The molecule has 0 bridgehead atoms. The molecule has 0 saturated heterocycles. The zero-order valence-electron chi connectivity index (χ0n) is 15.5. The Bertz CT molecular complexity index is 1050. The summed E-state index contributed by atoms with van der Waals surface area (Å²) < 4.78 is 38.7. The van der Waals surface area contributed by atoms with Crippen molar-refractivity contribution in [1.82, 2.24) is 24.6 Å². The van der Waals surface area contributed by atoms with Crippen LogP contribution in [0.15, 0.2) is 24.7 Å². The van der Waals surface area contributed by atoms with Gasteiger partial charge in [0.05, 0.1) is 25.5 Å². The normalized spacial score (nSPS) is 23.4. The summed E-state index contributed by atoms with van der Waals surface area (Å²) in [5.41, 5.74) is 3.06. The number of aromatic nitrogens is 5. The molecule has 2 aliphatic carbocycles. The van der Waals surface area contributed by atoms with Crippen LogP contribution in [-0.4, -0.2) is 44.7 Å². The highest BCUT2D eigenvalue weighted by atomic mass is 19.3. The smallest absolute Gasteiger partial charge is 0.319 e. The van der Waals surface area contributed by atoms with Gasteiger partial charge in [0, 0.05) is 37.0 Å². The van der Waals surface area contributed by atoms with E-state index in [0.717, 1.165) is 17.6 Å². The predicted molar refractivity (Wildman–Crippen MR) is 95.6 cm³/mol. The Labute approximate surface area is 159 Å². The van der Waals surface area contributed by atoms with Crippen molar-refractivity contribution in [2.45, 2.75) is 31.1 Å². The number of halogens is 2. The number of methoxy groups -OCH3 is 2. The second-order valence-electron chi connectivity index (χ2n) is 7.49. The summed E-state index contributed by atoms with van der Waals surface area (Å²) in [6.07, 6.45) is 5.97. The standard InChI is InChI=1S/C19H19F2N5O2/c1-27-17-14(9-23-18(24-17)28-2)15-6-13(16-22-3-4-26(16)25-15)12-5-11(12)10-7-19(20,21)8-10/h3-4,6,9-12H,5,7-8H2,1-2H3/t11-,12?/m1/s1. The number of alkyl halides is 2. The molecular weight excluding hydrogens is 368 g/mol. The summed E-state index contributed by atoms with van der Waals surface area (Å²) in [6.45, 7) is 0. The third-order valence-corrected chi connectivity index (χ3v) is 5.74. The Morgan fingerprint density at radius 1 is 1.18 bits per heavy atom. The summed E-state index contributed by atoms with van der Waals surface area (Å²) in [5, 5.41) is 4.60. The van der Waals surface area contributed by atoms with E-state index in [-0.39, 0.29) is 36.6 Å². The molecule has 7 nitrogen and oxygen atoms in total. The van der Waals surface area contributed by atoms with Gasteiger partial charge in [-0.1, -0.05) is 0 Å². The van der Waals surface area contributed by atoms with E-state index in [9.17, 15) is 8.78 Å². The van der Waals surface area contributed by atoms with Crippen molar-refractivity contribution < 1.29 is 18.3 Å². The van der Waals surface area contributed by atoms with Crippen LogP contribution in [0, 0.1) is 11.8 Å². The van der Waals surface area contributed by atoms with Crippen molar-refractivity contribution >= 4 is 5.65 Å². The Kier molecular flexibility index (Phi) is 3.75. The quantitative estimate of drug-likeness (QED) is 0.668. The molecule has 5 rings (SSSR count). The molecule has 9 heteroatoms. The maximum Gasteiger partial charge on any atom is 0.319 e. The molecule has 0 spiro atoms. The number of hydrogen-bond acceptors (Lipinski definition) is 6. The van der Waals surface area contributed by atoms with Crippen molar-refractivity contribution in [1.29, 1.82) is 0 Å². The molecule has 146 valence electrons. The van der Waals surface area contributed by atoms with Gasteiger partial charge in [-0.15, -0.1) is 0 Å². The summed E-state index contributed by atoms with van der Waals surface area (Å²) >= 11 is 0. The van der Waals surface area contributed by atoms with Crippen LogP contribution in [0.4, 0.5) is 8.78 Å². The van der Waals surface area contributed by atoms with E-state index in [1.54, 1.807) is 23.1 Å². The van der Waals surface area contributed by atoms with Gasteiger partial charge in [-0.3, -0.25) is 0 Å². The number of rotatable bonds is 5. The molecule has 3 heterocycles. The van der Waals surface area contributed by atoms with Gasteiger partial charge in [0.1, 0.15) is 0 Å². The fourth-order valence-corrected chi connectivity index (χ4v) is 4.23. The monoisotopic (exact) mass is 387 g/mol. The highest BCUT2D eigenvalue weighted by molar-refractivity contribution is 5.67. The van der Waals surface area contributed by atoms with Gasteiger partial charge in [-0.05, 0) is 30.2 Å². The molecule has 28 heavy (non-hydrogen) atoms. The molecule has 2 saturated carbocycles. The van der Waals surface area contributed by atoms with Crippen molar-refractivity contribution in [3.63, 3.8) is 0 Å². The maximum atomic E-state index is 13.3. The third-order valence-electron chi connectivity index (χ3n) is 5.74. The molecule has 3 aromatic rings. The number of fused-ring (bicyclic) bond motifs is 1. The summed E-state index contributed by atoms with van der Waals surface area (Å²) in [6, 6.07) is 2.16. The fraction of sp³-hybridized carbons (Fsp3) is 0.474. The molecule has 2 aliphatic rings. The molecule has 2 atom stereocenters. The lowest BCUT2D eigenvalue weighted by Gasteiger charge is -2.35. The minimum Gasteiger partial charge on any atom is -0.480 e. The van der Waals surface area contributed by atoms with Crippen LogP contribution in [-0.2, 0) is 0 Å². The van der Waals surface area contributed by atoms with E-state index < -0.39 is 5.92 Å². The van der Waals surface area contributed by atoms with Gasteiger partial charge in [0.25, 0.3) is 0 Å². The van der Waals surface area contributed by atoms with Crippen LogP contribution in [0.25, 0.3) is 16.9 Å². The first-order valence-corrected chi connectivity index (χ1v) is 9.16. The van der Waals surface area contributed by atoms with Gasteiger partial charge < -0.3 is 9.47 Å². The zero-order chi connectivity index (χ0) is 19.5. The number of imidazole rings is 1. The van der Waals surface area contributed by atoms with Gasteiger partial charge in [0.2, 0.25) is 11.8 Å². The van der Waals surface area contributed by atoms with Gasteiger partial charge >= 0.3 is 6.01 Å². The molecular formula is C19H19F2N5O2. The van der Waals surface area contributed by atoms with Crippen molar-refractivity contribution in [3.05, 3.63) is 30.2 Å². The lowest BCUT2D eigenvalue weighted by Crippen LogP contribution is -2.36. The van der Waals surface area contributed by atoms with Crippen LogP contribution in [0.3, 0.4) is 0 Å². The fourth-order valence-electron chi connectivity index (χ4n) is 4.23. The topological polar surface area (TPSA) is 74.4 Å². The number of hydrogen-bond donors (Lipinski definition) is 0. The molecule has 0 radical (unpaired) electrons. The average Bonchev–Trinajstić information content (AvgIpc) is 3.32. The van der Waals surface area contributed by atoms with E-state index in [4.69, 9.17) is 9.47 Å². The summed E-state index contributed by atoms with van der Waals surface area (Å²) in [7, 11) is 3.01. The first-order valence-electron chi connectivity index (χ1n) is 9.16. The second-order valence-corrected chi connectivity index (χ2v) is 7.49. The third kappa shape index (κ3) is 2.76. The SMILES string of the molecule is COc1ncc(-c2cc(C3C[C@@H]3C3CC(F)(F)C3)c3nccn3n2)c(OC)n1. The minimum absolute atomic E-state index is 0.00300. The van der Waals surface area contributed by atoms with E-state index in [2.05, 4.69) is 20.1 Å². The Morgan fingerprint density at radius 3 is 2.71 bits per heavy atom. The highest BCUT2D eigenvalue weighted by Gasteiger charge is 2.56. The van der Waals surface area contributed by atoms with Crippen LogP contribution in [0.1, 0.15) is 30.7 Å². The summed E-state index contributed by atoms with van der Waals surface area (Å²) in [4.78, 5) is 12.8. The lowest BCUT2D eigenvalue weighted by atomic mass is 9.77. The van der Waals surface area contributed by atoms with E-state index in [1.807, 2.05) is 6.07 Å². The maximum absolute atomic E-state index is 13.3. The van der Waals surface area contributed by atoms with Crippen LogP contribution < -0.4 is 9.47 Å². The molecule has 0 aromatic carbocycles. The Balaban J connectivity index is 1.53. The molecule has 2 fully saturated rings. The lowest BCUT2D eigenvalue weighted by molar-refractivity contribution is -0.116. The minimum atomic E-state index is -2.49. The second kappa shape index (κ2) is 6.08. The van der Waals surface area contributed by atoms with Gasteiger partial charge in [-0.2, -0.15) is 10.1 Å². The first-order chi connectivity index (χ1) is 13.5. The molecule has 3 aromatic heterocycles. The first kappa shape index (κ1) is 17.3. The van der Waals surface area contributed by atoms with Crippen molar-refractivity contribution in [2.75, 3.05) is 14.2 Å². The van der Waals surface area contributed by atoms with E-state index in [0.29, 0.717) is 17.1 Å². The van der Waals surface area contributed by atoms with E-state index in [1.165, 1.54) is 14.2 Å². The van der Waals surface area contributed by atoms with Crippen LogP contribution in [0.5, 0.6) is 11.9 Å². The average molecular weight is 387 g/mol. The van der Waals surface area contributed by atoms with E-state index >= 15 is 0 Å². The van der Waals surface area contributed by atoms with Crippen molar-refractivity contribution in [2.24, 2.45) is 11.8 Å². The van der Waals surface area contributed by atoms with Crippen LogP contribution >= 0.6 is 0 Å². The zero-order valence-corrected chi connectivity index (χ0v) is 15.5. The molecule has 1 unspecified atom stereocenters. The summed E-state index contributed by atoms with van der Waals surface area (Å²) in [5.74, 6) is -1.54. The molecule has 0 amide bonds. The molecule has 0 aliphatic heterocycles. The number of ether oxygens (including phenoxy) is 2. The van der Waals surface area contributed by atoms with Gasteiger partial charge in [-0.25, -0.2) is 23.3 Å². The Morgan fingerprint density at radius 2 is 2.00 bits per heavy atom.